The molecule has 0 aromatic heterocycles. The van der Waals surface area contributed by atoms with E-state index in [9.17, 15) is 0 Å². The van der Waals surface area contributed by atoms with Gasteiger partial charge in [-0.15, -0.1) is 0 Å². The van der Waals surface area contributed by atoms with E-state index in [1.807, 2.05) is 0 Å². The van der Waals surface area contributed by atoms with Crippen LogP contribution in [0.1, 0.15) is 178 Å². The maximum atomic E-state index is 2.49. The van der Waals surface area contributed by atoms with Crippen LogP contribution in [0.25, 0.3) is 0 Å². The third kappa shape index (κ3) is 12.9. The zero-order valence-corrected chi connectivity index (χ0v) is 43.8. The Balaban J connectivity index is 1.12. The van der Waals surface area contributed by atoms with Gasteiger partial charge in [0.1, 0.15) is 0 Å². The first-order chi connectivity index (χ1) is 33.9. The first kappa shape index (κ1) is 50.2. The van der Waals surface area contributed by atoms with Crippen molar-refractivity contribution in [2.24, 2.45) is 0 Å². The summed E-state index contributed by atoms with van der Waals surface area (Å²) in [7, 11) is 0. The van der Waals surface area contributed by atoms with E-state index in [2.05, 4.69) is 256 Å². The zero-order valence-electron chi connectivity index (χ0n) is 43.8. The van der Waals surface area contributed by atoms with Gasteiger partial charge >= 0.3 is 0 Å². The van der Waals surface area contributed by atoms with Crippen molar-refractivity contribution in [3.8, 4) is 0 Å². The molecule has 8 aromatic rings. The Morgan fingerprint density at radius 2 is 0.586 bits per heavy atom. The van der Waals surface area contributed by atoms with Crippen molar-refractivity contribution in [1.29, 1.82) is 0 Å². The summed E-state index contributed by atoms with van der Waals surface area (Å²) in [6, 6.07) is 75.4. The highest BCUT2D eigenvalue weighted by atomic mass is 14.3. The third-order valence-electron chi connectivity index (χ3n) is 16.0. The minimum absolute atomic E-state index is 0.309. The van der Waals surface area contributed by atoms with E-state index in [4.69, 9.17) is 0 Å². The Morgan fingerprint density at radius 1 is 0.271 bits per heavy atom. The highest BCUT2D eigenvalue weighted by molar-refractivity contribution is 5.41. The van der Waals surface area contributed by atoms with Gasteiger partial charge < -0.3 is 0 Å². The van der Waals surface area contributed by atoms with Crippen molar-refractivity contribution in [2.45, 2.75) is 142 Å². The quantitative estimate of drug-likeness (QED) is 0.0715. The number of aryl methyl sites for hydroxylation is 5. The second kappa shape index (κ2) is 23.6. The van der Waals surface area contributed by atoms with E-state index in [1.165, 1.54) is 89.0 Å². The van der Waals surface area contributed by atoms with Crippen molar-refractivity contribution in [3.63, 3.8) is 0 Å². The van der Waals surface area contributed by atoms with Crippen LogP contribution in [0.4, 0.5) is 0 Å². The molecular weight excluding hydrogens is 841 g/mol. The molecule has 0 saturated heterocycles. The van der Waals surface area contributed by atoms with Gasteiger partial charge in [0.15, 0.2) is 0 Å². The summed E-state index contributed by atoms with van der Waals surface area (Å²) in [5.41, 5.74) is 22.1. The molecule has 0 spiro atoms. The molecule has 0 saturated carbocycles. The Kier molecular flexibility index (Phi) is 16.9. The number of hydrogen-bond acceptors (Lipinski definition) is 0. The van der Waals surface area contributed by atoms with Crippen molar-refractivity contribution < 1.29 is 0 Å². The van der Waals surface area contributed by atoms with E-state index in [1.54, 1.807) is 0 Å². The molecule has 0 nitrogen and oxygen atoms in total. The smallest absolute Gasteiger partial charge is 0.00610 e. The van der Waals surface area contributed by atoms with Gasteiger partial charge in [-0.3, -0.25) is 0 Å². The molecule has 8 aromatic carbocycles. The van der Waals surface area contributed by atoms with E-state index in [-0.39, 0.29) is 0 Å². The molecule has 0 heterocycles. The molecule has 0 aliphatic carbocycles. The van der Waals surface area contributed by atoms with Crippen LogP contribution in [0, 0.1) is 27.7 Å². The second-order valence-corrected chi connectivity index (χ2v) is 21.3. The normalized spacial score (nSPS) is 14.6. The summed E-state index contributed by atoms with van der Waals surface area (Å²) in [6.07, 6.45) is 6.30. The molecule has 0 aliphatic rings. The molecule has 0 N–H and O–H groups in total. The molecule has 7 atom stereocenters. The van der Waals surface area contributed by atoms with E-state index < -0.39 is 0 Å². The molecule has 0 radical (unpaired) electrons. The van der Waals surface area contributed by atoms with Gasteiger partial charge in [-0.2, -0.15) is 0 Å². The van der Waals surface area contributed by atoms with Gasteiger partial charge in [0.2, 0.25) is 0 Å². The molecule has 0 bridgehead atoms. The fraction of sp³-hybridized carbons (Fsp3) is 0.314. The molecule has 0 heteroatoms. The summed E-state index contributed by atoms with van der Waals surface area (Å²) < 4.78 is 0. The summed E-state index contributed by atoms with van der Waals surface area (Å²) in [5.74, 6) is 2.61. The highest BCUT2D eigenvalue weighted by Crippen LogP contribution is 2.43. The largest absolute Gasteiger partial charge is 0.0613 e. The summed E-state index contributed by atoms with van der Waals surface area (Å²) >= 11 is 0. The van der Waals surface area contributed by atoms with Crippen molar-refractivity contribution in [2.75, 3.05) is 0 Å². The molecule has 0 amide bonds. The minimum Gasteiger partial charge on any atom is -0.0613 e. The Labute approximate surface area is 423 Å². The minimum atomic E-state index is 0.309. The average Bonchev–Trinajstić information content (AvgIpc) is 3.39. The lowest BCUT2D eigenvalue weighted by Gasteiger charge is -2.31. The molecule has 8 rings (SSSR count). The highest BCUT2D eigenvalue weighted by Gasteiger charge is 2.28. The monoisotopic (exact) mass is 919 g/mol. The fourth-order valence-corrected chi connectivity index (χ4v) is 10.9. The second-order valence-electron chi connectivity index (χ2n) is 21.3. The summed E-state index contributed by atoms with van der Waals surface area (Å²) in [5, 5.41) is 0. The molecule has 358 valence electrons. The maximum Gasteiger partial charge on any atom is 0.00610 e. The van der Waals surface area contributed by atoms with Gasteiger partial charge in [0.05, 0.1) is 0 Å². The molecule has 7 unspecified atom stereocenters. The van der Waals surface area contributed by atoms with Crippen LogP contribution in [-0.4, -0.2) is 0 Å². The van der Waals surface area contributed by atoms with Crippen LogP contribution in [0.3, 0.4) is 0 Å². The van der Waals surface area contributed by atoms with E-state index >= 15 is 0 Å². The van der Waals surface area contributed by atoms with Crippen molar-refractivity contribution in [3.05, 3.63) is 283 Å². The maximum absolute atomic E-state index is 2.49. The fourth-order valence-electron chi connectivity index (χ4n) is 10.9. The van der Waals surface area contributed by atoms with Crippen molar-refractivity contribution >= 4 is 0 Å². The number of benzene rings is 8. The summed E-state index contributed by atoms with van der Waals surface area (Å²) in [6.45, 7) is 20.5. The molecule has 70 heavy (non-hydrogen) atoms. The predicted octanol–water partition coefficient (Wildman–Crippen LogP) is 18.8. The lowest BCUT2D eigenvalue weighted by Crippen LogP contribution is -2.16. The van der Waals surface area contributed by atoms with Crippen LogP contribution in [0.15, 0.2) is 194 Å². The first-order valence-corrected chi connectivity index (χ1v) is 26.5. The van der Waals surface area contributed by atoms with Gasteiger partial charge in [-0.25, -0.2) is 0 Å². The van der Waals surface area contributed by atoms with Crippen LogP contribution < -0.4 is 0 Å². The molecule has 0 fully saturated rings. The third-order valence-corrected chi connectivity index (χ3v) is 16.0. The van der Waals surface area contributed by atoms with Crippen LogP contribution in [-0.2, 0) is 25.7 Å². The van der Waals surface area contributed by atoms with Gasteiger partial charge in [-0.05, 0) is 168 Å². The standard InChI is InChI=1S/C70H78/c1-10-56-20-22-58(23-21-56)47-70(68(44-19-52(6)60-28-11-48(2)12-29-60)65-42-40-63(41-43-65)54(8)62-32-15-50(4)16-33-62)67-38-26-59(27-39-67)46-69(55(9)64-34-17-51(5)18-35-64)66-36-24-57(25-37-66)45-53(7)61-30-13-49(3)14-31-61/h11-18,20-43,52-55,68-70H,10,19,44-47H2,1-9H3. The number of rotatable bonds is 20. The van der Waals surface area contributed by atoms with Crippen molar-refractivity contribution in [1.82, 2.24) is 0 Å². The Hall–Kier alpha value is -6.24. The average molecular weight is 919 g/mol. The first-order valence-electron chi connectivity index (χ1n) is 26.5. The van der Waals surface area contributed by atoms with Gasteiger partial charge in [-0.1, -0.05) is 251 Å². The van der Waals surface area contributed by atoms with Gasteiger partial charge in [0.25, 0.3) is 0 Å². The zero-order chi connectivity index (χ0) is 49.1. The SMILES string of the molecule is CCc1ccc(CC(c2ccc(CC(c3ccc(CC(C)c4ccc(C)cc4)cc3)C(C)c3ccc(C)cc3)cc2)C(CCC(C)c2ccc(C)cc2)c2ccc(C(C)c3ccc(C)cc3)cc2)cc1. The lowest BCUT2D eigenvalue weighted by atomic mass is 9.73. The van der Waals surface area contributed by atoms with Gasteiger partial charge in [0, 0.05) is 5.92 Å². The van der Waals surface area contributed by atoms with Crippen LogP contribution in [0.5, 0.6) is 0 Å². The predicted molar refractivity (Wildman–Crippen MR) is 301 cm³/mol. The molecule has 0 aliphatic heterocycles. The lowest BCUT2D eigenvalue weighted by molar-refractivity contribution is 0.466. The van der Waals surface area contributed by atoms with Crippen LogP contribution in [0.2, 0.25) is 0 Å². The topological polar surface area (TPSA) is 0 Å². The summed E-state index contributed by atoms with van der Waals surface area (Å²) in [4.78, 5) is 0. The van der Waals surface area contributed by atoms with Crippen LogP contribution >= 0.6 is 0 Å². The van der Waals surface area contributed by atoms with E-state index in [0.29, 0.717) is 41.4 Å². The van der Waals surface area contributed by atoms with E-state index in [0.717, 1.165) is 38.5 Å². The Morgan fingerprint density at radius 3 is 1.06 bits per heavy atom. The molecular formula is C70H78. The Bertz CT molecular complexity index is 2810. The number of hydrogen-bond donors (Lipinski definition) is 0.